The second kappa shape index (κ2) is 12.2. The van der Waals surface area contributed by atoms with Crippen molar-refractivity contribution in [1.29, 1.82) is 0 Å². The number of hydrogen-bond donors (Lipinski definition) is 1. The van der Waals surface area contributed by atoms with Crippen LogP contribution in [0.1, 0.15) is 23.6 Å². The summed E-state index contributed by atoms with van der Waals surface area (Å²) in [7, 11) is 3.92. The molecule has 9 heteroatoms. The van der Waals surface area contributed by atoms with Gasteiger partial charge in [-0.2, -0.15) is 11.8 Å². The highest BCUT2D eigenvalue weighted by Gasteiger charge is 2.09. The Hall–Kier alpha value is -1.36. The van der Waals surface area contributed by atoms with Crippen LogP contribution in [-0.4, -0.2) is 51.2 Å². The largest absolute Gasteiger partial charge is 0.356 e. The number of halogens is 2. The smallest absolute Gasteiger partial charge is 0.194 e. The Balaban J connectivity index is 0.00000364. The van der Waals surface area contributed by atoms with Crippen LogP contribution in [0, 0.1) is 12.7 Å². The van der Waals surface area contributed by atoms with E-state index in [0.29, 0.717) is 13.1 Å². The van der Waals surface area contributed by atoms with E-state index >= 15 is 0 Å². The number of rotatable bonds is 8. The topological polar surface area (TPSA) is 58.3 Å². The molecule has 0 saturated heterocycles. The fraction of sp³-hybridized carbons (Fsp3) is 0.500. The predicted molar refractivity (Wildman–Crippen MR) is 121 cm³/mol. The van der Waals surface area contributed by atoms with E-state index in [0.717, 1.165) is 41.9 Å². The molecule has 0 aliphatic carbocycles. The highest BCUT2D eigenvalue weighted by atomic mass is 127. The van der Waals surface area contributed by atoms with Crippen LogP contribution in [0.15, 0.2) is 29.3 Å². The summed E-state index contributed by atoms with van der Waals surface area (Å²) in [6.45, 7) is 3.87. The molecule has 0 aliphatic heterocycles. The van der Waals surface area contributed by atoms with Crippen molar-refractivity contribution in [2.75, 3.05) is 25.6 Å². The summed E-state index contributed by atoms with van der Waals surface area (Å²) >= 11 is 1.83. The molecule has 1 aromatic carbocycles. The van der Waals surface area contributed by atoms with Gasteiger partial charge in [-0.05, 0) is 43.0 Å². The van der Waals surface area contributed by atoms with E-state index in [4.69, 9.17) is 4.99 Å². The number of aryl methyl sites for hydroxylation is 1. The Morgan fingerprint density at radius 3 is 2.59 bits per heavy atom. The van der Waals surface area contributed by atoms with Gasteiger partial charge in [0.05, 0.1) is 0 Å². The molecule has 0 radical (unpaired) electrons. The minimum absolute atomic E-state index is 0. The van der Waals surface area contributed by atoms with Gasteiger partial charge in [0.2, 0.25) is 0 Å². The maximum atomic E-state index is 13.1. The first kappa shape index (κ1) is 23.7. The number of thioether (sulfide) groups is 1. The molecule has 2 aromatic rings. The molecule has 150 valence electrons. The lowest BCUT2D eigenvalue weighted by Crippen LogP contribution is -2.39. The molecule has 6 nitrogen and oxygen atoms in total. The number of nitrogens with zero attached hydrogens (tertiary/aromatic N) is 5. The van der Waals surface area contributed by atoms with Crippen molar-refractivity contribution in [1.82, 2.24) is 25.0 Å². The van der Waals surface area contributed by atoms with Gasteiger partial charge in [-0.25, -0.2) is 9.38 Å². The van der Waals surface area contributed by atoms with Crippen molar-refractivity contribution in [2.45, 2.75) is 26.4 Å². The highest BCUT2D eigenvalue weighted by Crippen LogP contribution is 2.07. The number of guanidine groups is 1. The maximum Gasteiger partial charge on any atom is 0.194 e. The van der Waals surface area contributed by atoms with E-state index in [1.165, 1.54) is 12.1 Å². The number of aromatic nitrogens is 3. The van der Waals surface area contributed by atoms with Gasteiger partial charge in [0, 0.05) is 27.2 Å². The van der Waals surface area contributed by atoms with Crippen molar-refractivity contribution in [3.8, 4) is 0 Å². The average Bonchev–Trinajstić information content (AvgIpc) is 2.95. The first-order valence-electron chi connectivity index (χ1n) is 8.59. The standard InChI is InChI=1S/C18H27FN6S.HI/c1-14-22-23-17(25(14)3)12-21-18(20-10-5-11-26-4)24(2)13-15-6-8-16(19)9-7-15;/h6-9H,5,10-13H2,1-4H3,(H,20,21);1H. The fourth-order valence-corrected chi connectivity index (χ4v) is 2.83. The Bertz CT molecular complexity index is 719. The number of aliphatic imine (C=N–C) groups is 1. The SMILES string of the molecule is CSCCCNC(=NCc1nnc(C)n1C)N(C)Cc1ccc(F)cc1.I. The molecule has 2 rings (SSSR count). The van der Waals surface area contributed by atoms with Gasteiger partial charge in [0.15, 0.2) is 11.8 Å². The van der Waals surface area contributed by atoms with Gasteiger partial charge in [0.25, 0.3) is 0 Å². The molecule has 0 aliphatic rings. The number of nitrogens with one attached hydrogen (secondary N) is 1. The summed E-state index contributed by atoms with van der Waals surface area (Å²) in [5, 5.41) is 11.7. The molecular formula is C18H28FIN6S. The van der Waals surface area contributed by atoms with Crippen LogP contribution < -0.4 is 5.32 Å². The molecule has 0 bridgehead atoms. The van der Waals surface area contributed by atoms with E-state index in [9.17, 15) is 4.39 Å². The summed E-state index contributed by atoms with van der Waals surface area (Å²) in [6.07, 6.45) is 3.17. The van der Waals surface area contributed by atoms with E-state index in [1.54, 1.807) is 12.1 Å². The third-order valence-corrected chi connectivity index (χ3v) is 4.75. The quantitative estimate of drug-likeness (QED) is 0.258. The van der Waals surface area contributed by atoms with Gasteiger partial charge < -0.3 is 14.8 Å². The second-order valence-corrected chi connectivity index (χ2v) is 7.10. The monoisotopic (exact) mass is 506 g/mol. The van der Waals surface area contributed by atoms with Crippen LogP contribution in [0.2, 0.25) is 0 Å². The van der Waals surface area contributed by atoms with Gasteiger partial charge >= 0.3 is 0 Å². The zero-order chi connectivity index (χ0) is 18.9. The highest BCUT2D eigenvalue weighted by molar-refractivity contribution is 14.0. The summed E-state index contributed by atoms with van der Waals surface area (Å²) < 4.78 is 15.0. The lowest BCUT2D eigenvalue weighted by atomic mass is 10.2. The molecule has 1 aromatic heterocycles. The summed E-state index contributed by atoms with van der Waals surface area (Å²) in [6, 6.07) is 6.55. The molecule has 0 spiro atoms. The average molecular weight is 506 g/mol. The van der Waals surface area contributed by atoms with Crippen LogP contribution in [0.25, 0.3) is 0 Å². The molecule has 0 saturated carbocycles. The summed E-state index contributed by atoms with van der Waals surface area (Å²) in [5.74, 6) is 3.37. The van der Waals surface area contributed by atoms with Crippen molar-refractivity contribution in [2.24, 2.45) is 12.0 Å². The van der Waals surface area contributed by atoms with E-state index in [1.807, 2.05) is 42.2 Å². The zero-order valence-electron chi connectivity index (χ0n) is 16.3. The van der Waals surface area contributed by atoms with E-state index in [-0.39, 0.29) is 29.8 Å². The van der Waals surface area contributed by atoms with Crippen molar-refractivity contribution < 1.29 is 4.39 Å². The molecule has 0 amide bonds. The lowest BCUT2D eigenvalue weighted by Gasteiger charge is -2.22. The zero-order valence-corrected chi connectivity index (χ0v) is 19.4. The molecular weight excluding hydrogens is 478 g/mol. The lowest BCUT2D eigenvalue weighted by molar-refractivity contribution is 0.473. The Kier molecular flexibility index (Phi) is 10.7. The van der Waals surface area contributed by atoms with Gasteiger partial charge in [-0.1, -0.05) is 12.1 Å². The minimum Gasteiger partial charge on any atom is -0.356 e. The normalized spacial score (nSPS) is 11.2. The number of benzene rings is 1. The van der Waals surface area contributed by atoms with E-state index < -0.39 is 0 Å². The Morgan fingerprint density at radius 1 is 1.30 bits per heavy atom. The molecule has 1 N–H and O–H groups in total. The van der Waals surface area contributed by atoms with Gasteiger partial charge in [-0.15, -0.1) is 34.2 Å². The summed E-state index contributed by atoms with van der Waals surface area (Å²) in [5.41, 5.74) is 1.03. The van der Waals surface area contributed by atoms with Crippen LogP contribution in [0.3, 0.4) is 0 Å². The van der Waals surface area contributed by atoms with Crippen LogP contribution in [0.5, 0.6) is 0 Å². The van der Waals surface area contributed by atoms with Gasteiger partial charge in [0.1, 0.15) is 18.2 Å². The third kappa shape index (κ3) is 7.65. The van der Waals surface area contributed by atoms with Crippen LogP contribution in [-0.2, 0) is 20.1 Å². The predicted octanol–water partition coefficient (Wildman–Crippen LogP) is 3.21. The maximum absolute atomic E-state index is 13.1. The Morgan fingerprint density at radius 2 is 2.00 bits per heavy atom. The molecule has 0 atom stereocenters. The minimum atomic E-state index is -0.224. The van der Waals surface area contributed by atoms with Gasteiger partial charge in [-0.3, -0.25) is 0 Å². The molecule has 27 heavy (non-hydrogen) atoms. The first-order valence-corrected chi connectivity index (χ1v) is 9.98. The second-order valence-electron chi connectivity index (χ2n) is 6.12. The van der Waals surface area contributed by atoms with Crippen molar-refractivity contribution in [3.05, 3.63) is 47.3 Å². The van der Waals surface area contributed by atoms with Crippen LogP contribution in [0.4, 0.5) is 4.39 Å². The van der Waals surface area contributed by atoms with Crippen LogP contribution >= 0.6 is 35.7 Å². The Labute approximate surface area is 182 Å². The van der Waals surface area contributed by atoms with Crippen molar-refractivity contribution in [3.63, 3.8) is 0 Å². The van der Waals surface area contributed by atoms with E-state index in [2.05, 4.69) is 21.8 Å². The molecule has 0 unspecified atom stereocenters. The van der Waals surface area contributed by atoms with Crippen molar-refractivity contribution >= 4 is 41.7 Å². The molecule has 0 fully saturated rings. The molecule has 1 heterocycles. The third-order valence-electron chi connectivity index (χ3n) is 4.06. The number of hydrogen-bond acceptors (Lipinski definition) is 4. The fourth-order valence-electron chi connectivity index (χ4n) is 2.40. The summed E-state index contributed by atoms with van der Waals surface area (Å²) in [4.78, 5) is 6.74. The first-order chi connectivity index (χ1) is 12.5.